The Morgan fingerprint density at radius 1 is 1.07 bits per heavy atom. The summed E-state index contributed by atoms with van der Waals surface area (Å²) in [6, 6.07) is 4.84. The van der Waals surface area contributed by atoms with Gasteiger partial charge in [-0.05, 0) is 19.2 Å². The van der Waals surface area contributed by atoms with Gasteiger partial charge in [0.2, 0.25) is 0 Å². The summed E-state index contributed by atoms with van der Waals surface area (Å²) in [5.41, 5.74) is 0.931. The maximum Gasteiger partial charge on any atom is 0.293 e. The lowest BCUT2D eigenvalue weighted by molar-refractivity contribution is -0.384. The maximum absolute atomic E-state index is 12.9. The first kappa shape index (κ1) is 19.1. The number of carbonyl (C=O) groups excluding carboxylic acids is 1. The fraction of sp³-hybridized carbons (Fsp3) is 0.632. The van der Waals surface area contributed by atoms with Crippen LogP contribution in [-0.4, -0.2) is 85.9 Å². The first-order valence-electron chi connectivity index (χ1n) is 9.77. The molecule has 1 aromatic carbocycles. The Hall–Kier alpha value is -2.23. The number of ether oxygens (including phenoxy) is 2. The normalized spacial score (nSPS) is 22.6. The molecule has 1 amide bonds. The number of nitrogens with zero attached hydrogens (tertiary/aromatic N) is 4. The molecule has 1 spiro atoms. The minimum atomic E-state index is -0.548. The van der Waals surface area contributed by atoms with E-state index in [0.717, 1.165) is 26.2 Å². The van der Waals surface area contributed by atoms with E-state index >= 15 is 0 Å². The van der Waals surface area contributed by atoms with Gasteiger partial charge in [0.1, 0.15) is 5.69 Å². The summed E-state index contributed by atoms with van der Waals surface area (Å²) in [7, 11) is 2.04. The lowest BCUT2D eigenvalue weighted by atomic mass is 10.0. The first-order valence-corrected chi connectivity index (χ1v) is 9.77. The SMILES string of the molecule is CN1CCN(c2ccc(C(=O)N3CCC4(CC3)OCCO4)cc2[N+](=O)[O-])CC1. The minimum Gasteiger partial charge on any atom is -0.363 e. The smallest absolute Gasteiger partial charge is 0.293 e. The van der Waals surface area contributed by atoms with Crippen LogP contribution in [0.5, 0.6) is 0 Å². The molecule has 3 aliphatic heterocycles. The van der Waals surface area contributed by atoms with Crippen molar-refractivity contribution in [3.63, 3.8) is 0 Å². The summed E-state index contributed by atoms with van der Waals surface area (Å²) in [4.78, 5) is 30.1. The highest BCUT2D eigenvalue weighted by Crippen LogP contribution is 2.33. The van der Waals surface area contributed by atoms with Crippen LogP contribution in [0.25, 0.3) is 0 Å². The zero-order valence-electron chi connectivity index (χ0n) is 16.1. The Balaban J connectivity index is 1.49. The third-order valence-electron chi connectivity index (χ3n) is 5.89. The van der Waals surface area contributed by atoms with E-state index in [1.165, 1.54) is 6.07 Å². The van der Waals surface area contributed by atoms with Crippen molar-refractivity contribution in [2.45, 2.75) is 18.6 Å². The second-order valence-electron chi connectivity index (χ2n) is 7.65. The first-order chi connectivity index (χ1) is 13.5. The van der Waals surface area contributed by atoms with Crippen LogP contribution >= 0.6 is 0 Å². The third-order valence-corrected chi connectivity index (χ3v) is 5.89. The van der Waals surface area contributed by atoms with Gasteiger partial charge in [0.25, 0.3) is 11.6 Å². The van der Waals surface area contributed by atoms with E-state index in [0.29, 0.717) is 50.4 Å². The van der Waals surface area contributed by atoms with Gasteiger partial charge in [-0.25, -0.2) is 0 Å². The average Bonchev–Trinajstić information content (AvgIpc) is 3.16. The molecule has 1 aromatic rings. The zero-order valence-corrected chi connectivity index (χ0v) is 16.1. The van der Waals surface area contributed by atoms with Crippen LogP contribution in [0.1, 0.15) is 23.2 Å². The number of rotatable bonds is 3. The lowest BCUT2D eigenvalue weighted by Crippen LogP contribution is -2.47. The predicted molar refractivity (Wildman–Crippen MR) is 103 cm³/mol. The van der Waals surface area contributed by atoms with Crippen molar-refractivity contribution >= 4 is 17.3 Å². The Morgan fingerprint density at radius 3 is 2.32 bits per heavy atom. The number of benzene rings is 1. The van der Waals surface area contributed by atoms with Crippen LogP contribution in [0.15, 0.2) is 18.2 Å². The molecule has 4 rings (SSSR count). The number of piperidine rings is 1. The number of nitro groups is 1. The molecule has 0 saturated carbocycles. The van der Waals surface area contributed by atoms with Crippen LogP contribution < -0.4 is 4.90 Å². The molecule has 0 aliphatic carbocycles. The third kappa shape index (κ3) is 3.69. The number of amides is 1. The fourth-order valence-corrected chi connectivity index (χ4v) is 4.14. The van der Waals surface area contributed by atoms with Crippen molar-refractivity contribution in [3.8, 4) is 0 Å². The minimum absolute atomic E-state index is 0.00802. The molecule has 9 nitrogen and oxygen atoms in total. The van der Waals surface area contributed by atoms with Crippen LogP contribution in [0, 0.1) is 10.1 Å². The monoisotopic (exact) mass is 390 g/mol. The highest BCUT2D eigenvalue weighted by atomic mass is 16.7. The van der Waals surface area contributed by atoms with Crippen molar-refractivity contribution in [2.75, 3.05) is 64.4 Å². The Bertz CT molecular complexity index is 747. The fourth-order valence-electron chi connectivity index (χ4n) is 4.14. The Labute approximate surface area is 163 Å². The van der Waals surface area contributed by atoms with Gasteiger partial charge >= 0.3 is 0 Å². The number of piperazine rings is 1. The molecule has 152 valence electrons. The molecule has 0 bridgehead atoms. The van der Waals surface area contributed by atoms with Crippen molar-refractivity contribution in [1.29, 1.82) is 0 Å². The van der Waals surface area contributed by atoms with Gasteiger partial charge in [-0.15, -0.1) is 0 Å². The van der Waals surface area contributed by atoms with E-state index < -0.39 is 10.7 Å². The van der Waals surface area contributed by atoms with E-state index in [4.69, 9.17) is 9.47 Å². The number of nitro benzene ring substituents is 1. The number of hydrogen-bond donors (Lipinski definition) is 0. The summed E-state index contributed by atoms with van der Waals surface area (Å²) in [5.74, 6) is -0.727. The molecular formula is C19H26N4O5. The van der Waals surface area contributed by atoms with Gasteiger partial charge in [-0.3, -0.25) is 14.9 Å². The van der Waals surface area contributed by atoms with E-state index in [-0.39, 0.29) is 11.6 Å². The van der Waals surface area contributed by atoms with Crippen molar-refractivity contribution in [3.05, 3.63) is 33.9 Å². The van der Waals surface area contributed by atoms with Crippen LogP contribution in [0.3, 0.4) is 0 Å². The average molecular weight is 390 g/mol. The van der Waals surface area contributed by atoms with E-state index in [1.54, 1.807) is 17.0 Å². The van der Waals surface area contributed by atoms with Gasteiger partial charge in [0, 0.05) is 63.7 Å². The van der Waals surface area contributed by atoms with E-state index in [1.807, 2.05) is 11.9 Å². The molecular weight excluding hydrogens is 364 g/mol. The molecule has 3 saturated heterocycles. The van der Waals surface area contributed by atoms with Crippen molar-refractivity contribution in [1.82, 2.24) is 9.80 Å². The lowest BCUT2D eigenvalue weighted by Gasteiger charge is -2.37. The largest absolute Gasteiger partial charge is 0.363 e. The molecule has 28 heavy (non-hydrogen) atoms. The summed E-state index contributed by atoms with van der Waals surface area (Å²) in [5, 5.41) is 11.7. The molecule has 0 atom stereocenters. The molecule has 9 heteroatoms. The van der Waals surface area contributed by atoms with E-state index in [2.05, 4.69) is 4.90 Å². The van der Waals surface area contributed by atoms with E-state index in [9.17, 15) is 14.9 Å². The quantitative estimate of drug-likeness (QED) is 0.568. The molecule has 3 aliphatic rings. The van der Waals surface area contributed by atoms with Crippen molar-refractivity contribution < 1.29 is 19.2 Å². The van der Waals surface area contributed by atoms with Gasteiger partial charge in [-0.1, -0.05) is 0 Å². The molecule has 3 fully saturated rings. The van der Waals surface area contributed by atoms with Crippen LogP contribution in [0.2, 0.25) is 0 Å². The van der Waals surface area contributed by atoms with Gasteiger partial charge in [0.15, 0.2) is 5.79 Å². The number of carbonyl (C=O) groups is 1. The van der Waals surface area contributed by atoms with Crippen LogP contribution in [-0.2, 0) is 9.47 Å². The standard InChI is InChI=1S/C19H26N4O5/c1-20-8-10-21(11-9-20)16-3-2-15(14-17(16)23(25)26)18(24)22-6-4-19(5-7-22)27-12-13-28-19/h2-3,14H,4-13H2,1H3. The Morgan fingerprint density at radius 2 is 1.71 bits per heavy atom. The highest BCUT2D eigenvalue weighted by Gasteiger charge is 2.41. The molecule has 3 heterocycles. The molecule has 0 N–H and O–H groups in total. The highest BCUT2D eigenvalue weighted by molar-refractivity contribution is 5.96. The van der Waals surface area contributed by atoms with Gasteiger partial charge in [0.05, 0.1) is 18.1 Å². The summed E-state index contributed by atoms with van der Waals surface area (Å²) < 4.78 is 11.4. The summed E-state index contributed by atoms with van der Waals surface area (Å²) >= 11 is 0. The predicted octanol–water partition coefficient (Wildman–Crippen LogP) is 1.33. The maximum atomic E-state index is 12.9. The molecule has 0 radical (unpaired) electrons. The summed E-state index contributed by atoms with van der Waals surface area (Å²) in [6.07, 6.45) is 1.25. The number of likely N-dealkylation sites (N-methyl/N-ethyl adjacent to an activating group) is 1. The van der Waals surface area contributed by atoms with Gasteiger partial charge < -0.3 is 24.2 Å². The number of likely N-dealkylation sites (tertiary alicyclic amines) is 1. The molecule has 0 unspecified atom stereocenters. The number of anilines is 1. The molecule has 0 aromatic heterocycles. The zero-order chi connectivity index (χ0) is 19.7. The second kappa shape index (κ2) is 7.65. The van der Waals surface area contributed by atoms with Crippen LogP contribution in [0.4, 0.5) is 11.4 Å². The Kier molecular flexibility index (Phi) is 5.22. The van der Waals surface area contributed by atoms with Crippen molar-refractivity contribution in [2.24, 2.45) is 0 Å². The summed E-state index contributed by atoms with van der Waals surface area (Å²) in [6.45, 7) is 5.41. The number of hydrogen-bond acceptors (Lipinski definition) is 7. The topological polar surface area (TPSA) is 88.4 Å². The second-order valence-corrected chi connectivity index (χ2v) is 7.65. The van der Waals surface area contributed by atoms with Gasteiger partial charge in [-0.2, -0.15) is 0 Å².